The summed E-state index contributed by atoms with van der Waals surface area (Å²) in [5.74, 6) is -0.193. The van der Waals surface area contributed by atoms with Crippen LogP contribution in [0.25, 0.3) is 0 Å². The van der Waals surface area contributed by atoms with E-state index in [1.807, 2.05) is 44.2 Å². The Kier molecular flexibility index (Phi) is 6.13. The SMILES string of the molecule is CCCC(C)C(=O)Nc1cccc(NC(=O)c2cccc(C)c2)c1. The third-order valence-electron chi connectivity index (χ3n) is 3.84. The molecule has 1 unspecified atom stereocenters. The van der Waals surface area contributed by atoms with Crippen molar-refractivity contribution in [2.24, 2.45) is 5.92 Å². The number of aryl methyl sites for hydroxylation is 1. The van der Waals surface area contributed by atoms with Gasteiger partial charge < -0.3 is 10.6 Å². The fourth-order valence-corrected chi connectivity index (χ4v) is 2.49. The maximum atomic E-state index is 12.3. The Hall–Kier alpha value is -2.62. The van der Waals surface area contributed by atoms with E-state index in [-0.39, 0.29) is 17.7 Å². The van der Waals surface area contributed by atoms with Gasteiger partial charge in [0.1, 0.15) is 0 Å². The third-order valence-corrected chi connectivity index (χ3v) is 3.84. The Morgan fingerprint density at radius 2 is 1.67 bits per heavy atom. The number of hydrogen-bond donors (Lipinski definition) is 2. The quantitative estimate of drug-likeness (QED) is 0.814. The maximum Gasteiger partial charge on any atom is 0.255 e. The van der Waals surface area contributed by atoms with E-state index in [4.69, 9.17) is 0 Å². The second kappa shape index (κ2) is 8.29. The minimum absolute atomic E-state index is 0.000916. The molecule has 0 heterocycles. The van der Waals surface area contributed by atoms with Gasteiger partial charge in [0.15, 0.2) is 0 Å². The molecule has 0 radical (unpaired) electrons. The van der Waals surface area contributed by atoms with Crippen molar-refractivity contribution in [3.05, 3.63) is 59.7 Å². The smallest absolute Gasteiger partial charge is 0.255 e. The van der Waals surface area contributed by atoms with Gasteiger partial charge in [0.2, 0.25) is 5.91 Å². The predicted octanol–water partition coefficient (Wildman–Crippen LogP) is 4.62. The lowest BCUT2D eigenvalue weighted by atomic mass is 10.1. The van der Waals surface area contributed by atoms with Crippen molar-refractivity contribution in [1.29, 1.82) is 0 Å². The van der Waals surface area contributed by atoms with Gasteiger partial charge in [-0.3, -0.25) is 9.59 Å². The Morgan fingerprint density at radius 3 is 2.33 bits per heavy atom. The number of anilines is 2. The Balaban J connectivity index is 2.05. The summed E-state index contributed by atoms with van der Waals surface area (Å²) >= 11 is 0. The van der Waals surface area contributed by atoms with E-state index in [1.54, 1.807) is 18.2 Å². The lowest BCUT2D eigenvalue weighted by Crippen LogP contribution is -2.20. The molecule has 0 spiro atoms. The zero-order valence-corrected chi connectivity index (χ0v) is 14.4. The fourth-order valence-electron chi connectivity index (χ4n) is 2.49. The van der Waals surface area contributed by atoms with Crippen molar-refractivity contribution >= 4 is 23.2 Å². The highest BCUT2D eigenvalue weighted by Gasteiger charge is 2.12. The molecule has 4 heteroatoms. The second-order valence-electron chi connectivity index (χ2n) is 6.08. The minimum atomic E-state index is -0.165. The molecule has 2 rings (SSSR count). The lowest BCUT2D eigenvalue weighted by Gasteiger charge is -2.12. The highest BCUT2D eigenvalue weighted by molar-refractivity contribution is 6.04. The molecule has 2 aromatic carbocycles. The van der Waals surface area contributed by atoms with Gasteiger partial charge in [-0.2, -0.15) is 0 Å². The Labute approximate surface area is 143 Å². The number of carbonyl (C=O) groups excluding carboxylic acids is 2. The molecular formula is C20H24N2O2. The molecule has 0 aliphatic carbocycles. The van der Waals surface area contributed by atoms with Crippen LogP contribution in [0.5, 0.6) is 0 Å². The molecule has 0 bridgehead atoms. The van der Waals surface area contributed by atoms with E-state index in [0.29, 0.717) is 16.9 Å². The number of nitrogens with one attached hydrogen (secondary N) is 2. The van der Waals surface area contributed by atoms with Crippen molar-refractivity contribution in [2.45, 2.75) is 33.6 Å². The number of hydrogen-bond acceptors (Lipinski definition) is 2. The molecule has 126 valence electrons. The number of benzene rings is 2. The van der Waals surface area contributed by atoms with Crippen LogP contribution in [0, 0.1) is 12.8 Å². The van der Waals surface area contributed by atoms with Crippen molar-refractivity contribution in [3.8, 4) is 0 Å². The van der Waals surface area contributed by atoms with Gasteiger partial charge in [0.05, 0.1) is 0 Å². The van der Waals surface area contributed by atoms with Gasteiger partial charge in [0, 0.05) is 22.9 Å². The van der Waals surface area contributed by atoms with Crippen LogP contribution >= 0.6 is 0 Å². The number of carbonyl (C=O) groups is 2. The molecule has 1 atom stereocenters. The van der Waals surface area contributed by atoms with Crippen molar-refractivity contribution < 1.29 is 9.59 Å². The second-order valence-corrected chi connectivity index (χ2v) is 6.08. The van der Waals surface area contributed by atoms with Crippen LogP contribution in [-0.2, 0) is 4.79 Å². The minimum Gasteiger partial charge on any atom is -0.326 e. The maximum absolute atomic E-state index is 12.3. The van der Waals surface area contributed by atoms with Gasteiger partial charge in [-0.15, -0.1) is 0 Å². The summed E-state index contributed by atoms with van der Waals surface area (Å²) in [5.41, 5.74) is 2.99. The zero-order valence-electron chi connectivity index (χ0n) is 14.4. The molecular weight excluding hydrogens is 300 g/mol. The summed E-state index contributed by atoms with van der Waals surface area (Å²) in [4.78, 5) is 24.4. The summed E-state index contributed by atoms with van der Waals surface area (Å²) in [6, 6.07) is 14.6. The van der Waals surface area contributed by atoms with E-state index >= 15 is 0 Å². The van der Waals surface area contributed by atoms with E-state index in [0.717, 1.165) is 18.4 Å². The molecule has 0 aliphatic rings. The van der Waals surface area contributed by atoms with Gasteiger partial charge in [-0.25, -0.2) is 0 Å². The first-order valence-corrected chi connectivity index (χ1v) is 8.28. The van der Waals surface area contributed by atoms with E-state index in [9.17, 15) is 9.59 Å². The van der Waals surface area contributed by atoms with Crippen molar-refractivity contribution in [3.63, 3.8) is 0 Å². The molecule has 0 saturated carbocycles. The van der Waals surface area contributed by atoms with Crippen molar-refractivity contribution in [2.75, 3.05) is 10.6 Å². The van der Waals surface area contributed by atoms with Crippen LogP contribution in [-0.4, -0.2) is 11.8 Å². The predicted molar refractivity (Wildman–Crippen MR) is 98.3 cm³/mol. The van der Waals surface area contributed by atoms with Gasteiger partial charge in [-0.05, 0) is 43.7 Å². The topological polar surface area (TPSA) is 58.2 Å². The largest absolute Gasteiger partial charge is 0.326 e. The van der Waals surface area contributed by atoms with E-state index < -0.39 is 0 Å². The molecule has 2 aromatic rings. The van der Waals surface area contributed by atoms with Gasteiger partial charge >= 0.3 is 0 Å². The molecule has 2 N–H and O–H groups in total. The average molecular weight is 324 g/mol. The zero-order chi connectivity index (χ0) is 17.5. The van der Waals surface area contributed by atoms with Crippen LogP contribution in [0.15, 0.2) is 48.5 Å². The first-order valence-electron chi connectivity index (χ1n) is 8.28. The number of amides is 2. The molecule has 2 amide bonds. The van der Waals surface area contributed by atoms with Crippen molar-refractivity contribution in [1.82, 2.24) is 0 Å². The molecule has 24 heavy (non-hydrogen) atoms. The first kappa shape index (κ1) is 17.7. The van der Waals surface area contributed by atoms with Gasteiger partial charge in [-0.1, -0.05) is 44.0 Å². The van der Waals surface area contributed by atoms with E-state index in [2.05, 4.69) is 17.6 Å². The standard InChI is InChI=1S/C20H24N2O2/c1-4-7-15(3)19(23)21-17-10-6-11-18(13-17)22-20(24)16-9-5-8-14(2)12-16/h5-6,8-13,15H,4,7H2,1-3H3,(H,21,23)(H,22,24). The summed E-state index contributed by atoms with van der Waals surface area (Å²) < 4.78 is 0. The number of rotatable bonds is 6. The van der Waals surface area contributed by atoms with Crippen LogP contribution in [0.3, 0.4) is 0 Å². The molecule has 0 aromatic heterocycles. The third kappa shape index (κ3) is 4.95. The summed E-state index contributed by atoms with van der Waals surface area (Å²) in [7, 11) is 0. The average Bonchev–Trinajstić information content (AvgIpc) is 2.55. The lowest BCUT2D eigenvalue weighted by molar-refractivity contribution is -0.119. The molecule has 0 fully saturated rings. The Bertz CT molecular complexity index is 725. The highest BCUT2D eigenvalue weighted by Crippen LogP contribution is 2.18. The van der Waals surface area contributed by atoms with Gasteiger partial charge in [0.25, 0.3) is 5.91 Å². The normalized spacial score (nSPS) is 11.6. The van der Waals surface area contributed by atoms with Crippen LogP contribution in [0.4, 0.5) is 11.4 Å². The summed E-state index contributed by atoms with van der Waals surface area (Å²) in [6.07, 6.45) is 1.83. The Morgan fingerprint density at radius 1 is 1.00 bits per heavy atom. The molecule has 4 nitrogen and oxygen atoms in total. The molecule has 0 aliphatic heterocycles. The summed E-state index contributed by atoms with van der Waals surface area (Å²) in [5, 5.41) is 5.76. The van der Waals surface area contributed by atoms with Crippen LogP contribution < -0.4 is 10.6 Å². The van der Waals surface area contributed by atoms with Crippen LogP contribution in [0.1, 0.15) is 42.6 Å². The fraction of sp³-hybridized carbons (Fsp3) is 0.300. The highest BCUT2D eigenvalue weighted by atomic mass is 16.2. The summed E-state index contributed by atoms with van der Waals surface area (Å²) in [6.45, 7) is 5.93. The monoisotopic (exact) mass is 324 g/mol. The van der Waals surface area contributed by atoms with E-state index in [1.165, 1.54) is 0 Å². The van der Waals surface area contributed by atoms with Crippen LogP contribution in [0.2, 0.25) is 0 Å². The first-order chi connectivity index (χ1) is 11.5. The molecule has 0 saturated heterocycles.